The van der Waals surface area contributed by atoms with E-state index in [1.165, 1.54) is 5.56 Å². The van der Waals surface area contributed by atoms with Crippen LogP contribution >= 0.6 is 0 Å². The fraction of sp³-hybridized carbons (Fsp3) is 0.207. The molecule has 1 N–H and O–H groups in total. The first-order chi connectivity index (χ1) is 17.2. The van der Waals surface area contributed by atoms with Gasteiger partial charge in [-0.3, -0.25) is 9.59 Å². The number of carbonyl (C=O) groups is 2. The fourth-order valence-electron chi connectivity index (χ4n) is 4.48. The molecule has 6 nitrogen and oxygen atoms in total. The Hall–Kier alpha value is -4.19. The lowest BCUT2D eigenvalue weighted by Crippen LogP contribution is -2.19. The quantitative estimate of drug-likeness (QED) is 0.382. The standard InChI is InChI=1S/C29H27N3O3/c33-26-13-7-12-25-24(26)14-15-27(28(25)31-29(34)22-10-5-2-6-11-22)35-17-16-23-18-30-20-32(23)19-21-8-3-1-4-9-21/h1-6,8-11,14-15,18,20H,7,12-13,16-17,19H2,(H,31,34). The van der Waals surface area contributed by atoms with Crippen LogP contribution in [0.3, 0.4) is 0 Å². The number of fused-ring (bicyclic) bond motifs is 1. The highest BCUT2D eigenvalue weighted by Gasteiger charge is 2.24. The van der Waals surface area contributed by atoms with Crippen molar-refractivity contribution < 1.29 is 14.3 Å². The summed E-state index contributed by atoms with van der Waals surface area (Å²) >= 11 is 0. The number of aromatic nitrogens is 2. The number of rotatable bonds is 8. The molecule has 3 aromatic carbocycles. The van der Waals surface area contributed by atoms with Crippen LogP contribution in [0.1, 0.15) is 50.4 Å². The van der Waals surface area contributed by atoms with Crippen molar-refractivity contribution in [1.29, 1.82) is 0 Å². The molecule has 1 aliphatic carbocycles. The Kier molecular flexibility index (Phi) is 6.70. The molecule has 5 rings (SSSR count). The number of nitrogens with one attached hydrogen (secondary N) is 1. The number of hydrogen-bond donors (Lipinski definition) is 1. The molecule has 0 radical (unpaired) electrons. The molecule has 1 amide bonds. The van der Waals surface area contributed by atoms with E-state index < -0.39 is 0 Å². The molecular weight excluding hydrogens is 438 g/mol. The van der Waals surface area contributed by atoms with Gasteiger partial charge in [0.1, 0.15) is 5.75 Å². The maximum atomic E-state index is 12.9. The van der Waals surface area contributed by atoms with Gasteiger partial charge in [-0.15, -0.1) is 0 Å². The summed E-state index contributed by atoms with van der Waals surface area (Å²) in [7, 11) is 0. The first-order valence-corrected chi connectivity index (χ1v) is 11.9. The van der Waals surface area contributed by atoms with Gasteiger partial charge in [0.15, 0.2) is 5.78 Å². The average Bonchev–Trinajstić information content (AvgIpc) is 3.33. The normalized spacial score (nSPS) is 12.7. The van der Waals surface area contributed by atoms with Crippen LogP contribution in [0.25, 0.3) is 0 Å². The van der Waals surface area contributed by atoms with E-state index in [1.807, 2.05) is 55.0 Å². The lowest BCUT2D eigenvalue weighted by molar-refractivity contribution is 0.0970. The van der Waals surface area contributed by atoms with Crippen molar-refractivity contribution in [1.82, 2.24) is 9.55 Å². The zero-order valence-corrected chi connectivity index (χ0v) is 19.4. The summed E-state index contributed by atoms with van der Waals surface area (Å²) in [5.41, 5.74) is 4.96. The second kappa shape index (κ2) is 10.4. The highest BCUT2D eigenvalue weighted by Crippen LogP contribution is 2.36. The first-order valence-electron chi connectivity index (χ1n) is 11.9. The van der Waals surface area contributed by atoms with Gasteiger partial charge in [-0.1, -0.05) is 48.5 Å². The molecule has 1 heterocycles. The monoisotopic (exact) mass is 465 g/mol. The zero-order chi connectivity index (χ0) is 24.0. The number of imidazole rings is 1. The van der Waals surface area contributed by atoms with Crippen molar-refractivity contribution in [3.63, 3.8) is 0 Å². The molecule has 4 aromatic rings. The van der Waals surface area contributed by atoms with E-state index in [0.717, 1.165) is 30.6 Å². The molecule has 1 aliphatic rings. The number of Topliss-reactive ketones (excluding diaryl/α,β-unsaturated/α-hetero) is 1. The van der Waals surface area contributed by atoms with Gasteiger partial charge in [-0.2, -0.15) is 0 Å². The first kappa shape index (κ1) is 22.6. The summed E-state index contributed by atoms with van der Waals surface area (Å²) in [6.45, 7) is 1.16. The van der Waals surface area contributed by atoms with Gasteiger partial charge in [-0.05, 0) is 48.2 Å². The number of ketones is 1. The molecule has 176 valence electrons. The molecular formula is C29H27N3O3. The number of benzene rings is 3. The Bertz CT molecular complexity index is 1330. The third-order valence-electron chi connectivity index (χ3n) is 6.29. The van der Waals surface area contributed by atoms with Crippen molar-refractivity contribution in [2.45, 2.75) is 32.2 Å². The molecule has 0 aliphatic heterocycles. The third-order valence-corrected chi connectivity index (χ3v) is 6.29. The molecule has 0 saturated heterocycles. The van der Waals surface area contributed by atoms with E-state index >= 15 is 0 Å². The van der Waals surface area contributed by atoms with Crippen molar-refractivity contribution in [3.8, 4) is 5.75 Å². The second-order valence-electron chi connectivity index (χ2n) is 8.66. The van der Waals surface area contributed by atoms with Crippen LogP contribution in [-0.4, -0.2) is 27.8 Å². The Labute approximate surface area is 204 Å². The molecule has 0 bridgehead atoms. The van der Waals surface area contributed by atoms with Crippen molar-refractivity contribution in [2.75, 3.05) is 11.9 Å². The van der Waals surface area contributed by atoms with E-state index in [4.69, 9.17) is 4.74 Å². The topological polar surface area (TPSA) is 73.2 Å². The van der Waals surface area contributed by atoms with Crippen molar-refractivity contribution in [2.24, 2.45) is 0 Å². The van der Waals surface area contributed by atoms with Gasteiger partial charge in [0.05, 0.1) is 18.6 Å². The second-order valence-corrected chi connectivity index (χ2v) is 8.66. The number of ether oxygens (including phenoxy) is 1. The van der Waals surface area contributed by atoms with Gasteiger partial charge in [-0.25, -0.2) is 4.98 Å². The van der Waals surface area contributed by atoms with Crippen LogP contribution in [0.15, 0.2) is 85.3 Å². The van der Waals surface area contributed by atoms with Crippen LogP contribution in [0.4, 0.5) is 5.69 Å². The Morgan fingerprint density at radius 2 is 1.74 bits per heavy atom. The van der Waals surface area contributed by atoms with E-state index in [-0.39, 0.29) is 11.7 Å². The van der Waals surface area contributed by atoms with Crippen molar-refractivity contribution >= 4 is 17.4 Å². The molecule has 0 fully saturated rings. The smallest absolute Gasteiger partial charge is 0.255 e. The van der Waals surface area contributed by atoms with Crippen molar-refractivity contribution in [3.05, 3.63) is 113 Å². The molecule has 0 atom stereocenters. The molecule has 0 unspecified atom stereocenters. The molecule has 35 heavy (non-hydrogen) atoms. The minimum atomic E-state index is -0.220. The zero-order valence-electron chi connectivity index (χ0n) is 19.4. The van der Waals surface area contributed by atoms with E-state index in [1.54, 1.807) is 18.2 Å². The molecule has 6 heteroatoms. The summed E-state index contributed by atoms with van der Waals surface area (Å²) in [4.78, 5) is 29.8. The Morgan fingerprint density at radius 1 is 0.971 bits per heavy atom. The SMILES string of the molecule is O=C(Nc1c(OCCc2cncn2Cc2ccccc2)ccc2c1CCCC2=O)c1ccccc1. The largest absolute Gasteiger partial charge is 0.491 e. The maximum Gasteiger partial charge on any atom is 0.255 e. The van der Waals surface area contributed by atoms with E-state index in [2.05, 4.69) is 27.0 Å². The molecule has 0 saturated carbocycles. The highest BCUT2D eigenvalue weighted by molar-refractivity contribution is 6.07. The van der Waals surface area contributed by atoms with Crippen LogP contribution in [0.5, 0.6) is 5.75 Å². The average molecular weight is 466 g/mol. The summed E-state index contributed by atoms with van der Waals surface area (Å²) in [6, 6.07) is 22.9. The molecule has 1 aromatic heterocycles. The lowest BCUT2D eigenvalue weighted by atomic mass is 9.89. The van der Waals surface area contributed by atoms with Gasteiger partial charge < -0.3 is 14.6 Å². The van der Waals surface area contributed by atoms with Crippen LogP contribution in [-0.2, 0) is 19.4 Å². The summed E-state index contributed by atoms with van der Waals surface area (Å²) in [5.74, 6) is 0.470. The fourth-order valence-corrected chi connectivity index (χ4v) is 4.48. The summed E-state index contributed by atoms with van der Waals surface area (Å²) in [5, 5.41) is 3.03. The van der Waals surface area contributed by atoms with Gasteiger partial charge in [0, 0.05) is 42.4 Å². The summed E-state index contributed by atoms with van der Waals surface area (Å²) < 4.78 is 8.30. The number of hydrogen-bond acceptors (Lipinski definition) is 4. The predicted octanol–water partition coefficient (Wildman–Crippen LogP) is 5.32. The van der Waals surface area contributed by atoms with Crippen LogP contribution in [0.2, 0.25) is 0 Å². The Balaban J connectivity index is 1.34. The minimum absolute atomic E-state index is 0.109. The summed E-state index contributed by atoms with van der Waals surface area (Å²) in [6.07, 6.45) is 6.38. The Morgan fingerprint density at radius 3 is 2.54 bits per heavy atom. The maximum absolute atomic E-state index is 12.9. The number of nitrogens with zero attached hydrogens (tertiary/aromatic N) is 2. The highest BCUT2D eigenvalue weighted by atomic mass is 16.5. The van der Waals surface area contributed by atoms with E-state index in [0.29, 0.717) is 42.0 Å². The lowest BCUT2D eigenvalue weighted by Gasteiger charge is -2.22. The van der Waals surface area contributed by atoms with Gasteiger partial charge in [0.2, 0.25) is 0 Å². The molecule has 0 spiro atoms. The number of carbonyl (C=O) groups excluding carboxylic acids is 2. The minimum Gasteiger partial charge on any atom is -0.491 e. The van der Waals surface area contributed by atoms with Crippen LogP contribution in [0, 0.1) is 0 Å². The number of amides is 1. The van der Waals surface area contributed by atoms with Crippen LogP contribution < -0.4 is 10.1 Å². The predicted molar refractivity (Wildman–Crippen MR) is 135 cm³/mol. The van der Waals surface area contributed by atoms with Gasteiger partial charge in [0.25, 0.3) is 5.91 Å². The van der Waals surface area contributed by atoms with E-state index in [9.17, 15) is 9.59 Å². The van der Waals surface area contributed by atoms with Gasteiger partial charge >= 0.3 is 0 Å². The third kappa shape index (κ3) is 5.17. The number of anilines is 1.